The third kappa shape index (κ3) is 4.72. The molecule has 0 aliphatic rings. The minimum Gasteiger partial charge on any atom is -0.431 e. The summed E-state index contributed by atoms with van der Waals surface area (Å²) in [5, 5.41) is 0. The van der Waals surface area contributed by atoms with Crippen LogP contribution in [0.5, 0.6) is 0 Å². The summed E-state index contributed by atoms with van der Waals surface area (Å²) in [5.74, 6) is 1.17. The van der Waals surface area contributed by atoms with E-state index < -0.39 is 0 Å². The second kappa shape index (κ2) is 7.14. The average molecular weight is 295 g/mol. The van der Waals surface area contributed by atoms with E-state index in [-0.39, 0.29) is 32.7 Å². The van der Waals surface area contributed by atoms with E-state index in [4.69, 9.17) is 0 Å². The summed E-state index contributed by atoms with van der Waals surface area (Å²) in [6, 6.07) is 0. The van der Waals surface area contributed by atoms with Crippen LogP contribution >= 0.6 is 0 Å². The Balaban J connectivity index is 0.00000225. The zero-order chi connectivity index (χ0) is 11.4. The van der Waals surface area contributed by atoms with Crippen LogP contribution in [0.1, 0.15) is 0 Å². The number of hydrogen-bond acceptors (Lipinski definition) is 6. The van der Waals surface area contributed by atoms with Gasteiger partial charge in [-0.15, -0.1) is 0 Å². The summed E-state index contributed by atoms with van der Waals surface area (Å²) >= 11 is 0. The van der Waals surface area contributed by atoms with Gasteiger partial charge in [0.15, 0.2) is 0 Å². The molecule has 1 heterocycles. The first-order chi connectivity index (χ1) is 7.00. The van der Waals surface area contributed by atoms with E-state index in [1.165, 1.54) is 0 Å². The fourth-order valence-corrected chi connectivity index (χ4v) is 1.01. The number of anilines is 2. The van der Waals surface area contributed by atoms with Gasteiger partial charge in [-0.2, -0.15) is 0 Å². The topological polar surface area (TPSA) is 48.4 Å². The number of rotatable bonds is 4. The molecule has 84 valence electrons. The van der Waals surface area contributed by atoms with Crippen molar-refractivity contribution in [3.05, 3.63) is 6.33 Å². The molecule has 2 radical (unpaired) electrons. The van der Waals surface area contributed by atoms with E-state index in [0.717, 1.165) is 0 Å². The van der Waals surface area contributed by atoms with E-state index in [9.17, 15) is 0 Å². The van der Waals surface area contributed by atoms with Crippen LogP contribution in [0.2, 0.25) is 0 Å². The van der Waals surface area contributed by atoms with Crippen LogP contribution in [-0.4, -0.2) is 62.6 Å². The Morgan fingerprint density at radius 3 is 2.06 bits per heavy atom. The molecule has 0 aromatic carbocycles. The molecule has 6 nitrogen and oxygen atoms in total. The molecule has 0 aliphatic heterocycles. The van der Waals surface area contributed by atoms with E-state index >= 15 is 0 Å². The van der Waals surface area contributed by atoms with Crippen molar-refractivity contribution in [2.75, 3.05) is 44.9 Å². The Kier molecular flexibility index (Phi) is 7.02. The largest absolute Gasteiger partial charge is 0.431 e. The average Bonchev–Trinajstić information content (AvgIpc) is 2.17. The van der Waals surface area contributed by atoms with Crippen molar-refractivity contribution in [2.45, 2.75) is 0 Å². The Hall–Kier alpha value is -0.261. The summed E-state index contributed by atoms with van der Waals surface area (Å²) < 4.78 is 0. The van der Waals surface area contributed by atoms with Gasteiger partial charge < -0.3 is 29.5 Å². The van der Waals surface area contributed by atoms with Crippen molar-refractivity contribution in [1.82, 2.24) is 19.8 Å². The molecule has 1 aromatic rings. The number of aromatic nitrogens is 3. The molecule has 0 bridgehead atoms. The predicted octanol–water partition coefficient (Wildman–Crippen LogP) is -0.733. The first-order valence-electron chi connectivity index (χ1n) is 4.54. The second-order valence-electron chi connectivity index (χ2n) is 3.62. The molecule has 0 fully saturated rings. The van der Waals surface area contributed by atoms with Gasteiger partial charge in [0.1, 0.15) is 11.9 Å². The third-order valence-corrected chi connectivity index (χ3v) is 1.62. The van der Waals surface area contributed by atoms with Crippen LogP contribution in [0, 0.1) is 6.33 Å². The molecule has 0 unspecified atom stereocenters. The fraction of sp³-hybridized carbons (Fsp3) is 0.625. The summed E-state index contributed by atoms with van der Waals surface area (Å²) in [5.41, 5.74) is 0. The first-order valence-corrected chi connectivity index (χ1v) is 4.54. The van der Waals surface area contributed by atoms with Gasteiger partial charge in [-0.1, -0.05) is 0 Å². The van der Waals surface area contributed by atoms with E-state index in [1.807, 2.05) is 57.3 Å². The Bertz CT molecular complexity index is 321. The molecule has 0 amide bonds. The quantitative estimate of drug-likeness (QED) is 0.539. The molecule has 0 N–H and O–H groups in total. The van der Waals surface area contributed by atoms with Crippen LogP contribution in [0.4, 0.5) is 11.9 Å². The summed E-state index contributed by atoms with van der Waals surface area (Å²) in [6.07, 6.45) is 2.58. The first kappa shape index (κ1) is 15.7. The molecule has 1 aromatic heterocycles. The Morgan fingerprint density at radius 1 is 1.00 bits per heavy atom. The molecule has 0 saturated heterocycles. The molecule has 16 heavy (non-hydrogen) atoms. The minimum atomic E-state index is 0. The van der Waals surface area contributed by atoms with E-state index in [0.29, 0.717) is 11.9 Å². The molecule has 0 saturated carbocycles. The van der Waals surface area contributed by atoms with Crippen molar-refractivity contribution in [1.29, 1.82) is 0 Å². The molecular weight excluding hydrogens is 280 g/mol. The van der Waals surface area contributed by atoms with Crippen LogP contribution in [0.3, 0.4) is 0 Å². The van der Waals surface area contributed by atoms with Crippen molar-refractivity contribution in [3.8, 4) is 0 Å². The van der Waals surface area contributed by atoms with E-state index in [2.05, 4.69) is 21.3 Å². The molecule has 0 aliphatic carbocycles. The van der Waals surface area contributed by atoms with Crippen LogP contribution in [0.25, 0.3) is 0 Å². The van der Waals surface area contributed by atoms with Gasteiger partial charge in [0, 0.05) is 39.0 Å². The van der Waals surface area contributed by atoms with Crippen molar-refractivity contribution < 1.29 is 32.7 Å². The molecule has 0 spiro atoms. The van der Waals surface area contributed by atoms with Gasteiger partial charge in [-0.25, -0.2) is 0 Å². The fourth-order valence-electron chi connectivity index (χ4n) is 1.01. The van der Waals surface area contributed by atoms with Gasteiger partial charge in [-0.05, 0) is 35.2 Å². The SMILES string of the molecule is CN(C)[B]N(C)c1n[c-]nc(N(C)C)n1.[Y]. The standard InChI is InChI=1S/C8H15BN6.Y/c1-13(2)7-10-6-11-8(12-7)15(5)9-14(3)4;/h1-5H3;/q-1;. The zero-order valence-electron chi connectivity index (χ0n) is 10.3. The van der Waals surface area contributed by atoms with Gasteiger partial charge in [0.05, 0.1) is 0 Å². The molecular formula is C8H15BN6Y-. The molecule has 0 atom stereocenters. The minimum absolute atomic E-state index is 0. The van der Waals surface area contributed by atoms with Crippen LogP contribution in [0.15, 0.2) is 0 Å². The molecule has 8 heteroatoms. The third-order valence-electron chi connectivity index (χ3n) is 1.62. The summed E-state index contributed by atoms with van der Waals surface area (Å²) in [4.78, 5) is 17.7. The van der Waals surface area contributed by atoms with E-state index in [1.54, 1.807) is 0 Å². The zero-order valence-corrected chi connectivity index (χ0v) is 13.2. The number of nitrogens with zero attached hydrogens (tertiary/aromatic N) is 6. The van der Waals surface area contributed by atoms with Gasteiger partial charge in [0.2, 0.25) is 0 Å². The van der Waals surface area contributed by atoms with Crippen molar-refractivity contribution in [3.63, 3.8) is 0 Å². The van der Waals surface area contributed by atoms with Gasteiger partial charge >= 0.3 is 7.55 Å². The maximum atomic E-state index is 4.27. The van der Waals surface area contributed by atoms with Gasteiger partial charge in [-0.3, -0.25) is 0 Å². The van der Waals surface area contributed by atoms with Crippen LogP contribution in [-0.2, 0) is 32.7 Å². The summed E-state index contributed by atoms with van der Waals surface area (Å²) in [7, 11) is 11.4. The monoisotopic (exact) mass is 295 g/mol. The maximum Gasteiger partial charge on any atom is 0.341 e. The maximum absolute atomic E-state index is 4.27. The van der Waals surface area contributed by atoms with Crippen molar-refractivity contribution in [2.24, 2.45) is 0 Å². The van der Waals surface area contributed by atoms with Crippen LogP contribution < -0.4 is 9.71 Å². The second-order valence-corrected chi connectivity index (χ2v) is 3.62. The van der Waals surface area contributed by atoms with Crippen molar-refractivity contribution >= 4 is 19.4 Å². The summed E-state index contributed by atoms with van der Waals surface area (Å²) in [6.45, 7) is 0. The smallest absolute Gasteiger partial charge is 0.341 e. The molecule has 1 rings (SSSR count). The Morgan fingerprint density at radius 2 is 1.56 bits per heavy atom. The predicted molar refractivity (Wildman–Crippen MR) is 60.8 cm³/mol. The Labute approximate surface area is 123 Å². The number of hydrogen-bond donors (Lipinski definition) is 0. The van der Waals surface area contributed by atoms with Gasteiger partial charge in [0.25, 0.3) is 0 Å². The normalized spacial score (nSPS) is 9.62.